The SMILES string of the molecule is CCC(O)CCCOc1c(F)c(F)cc(F)c1F. The normalized spacial score (nSPS) is 12.6. The lowest BCUT2D eigenvalue weighted by molar-refractivity contribution is 0.147. The van der Waals surface area contributed by atoms with Crippen LogP contribution in [-0.2, 0) is 0 Å². The van der Waals surface area contributed by atoms with Crippen LogP contribution in [0.2, 0.25) is 0 Å². The van der Waals surface area contributed by atoms with Crippen molar-refractivity contribution in [1.82, 2.24) is 0 Å². The third-order valence-corrected chi connectivity index (χ3v) is 2.47. The van der Waals surface area contributed by atoms with Crippen LogP contribution in [0.1, 0.15) is 26.2 Å². The molecular formula is C12H14F4O2. The molecule has 0 saturated carbocycles. The lowest BCUT2D eigenvalue weighted by atomic mass is 10.1. The summed E-state index contributed by atoms with van der Waals surface area (Å²) < 4.78 is 56.6. The molecule has 1 aromatic carbocycles. The van der Waals surface area contributed by atoms with Crippen molar-refractivity contribution in [1.29, 1.82) is 0 Å². The van der Waals surface area contributed by atoms with E-state index in [0.717, 1.165) is 0 Å². The van der Waals surface area contributed by atoms with E-state index < -0.39 is 35.1 Å². The number of hydrogen-bond acceptors (Lipinski definition) is 2. The van der Waals surface area contributed by atoms with Crippen molar-refractivity contribution in [3.8, 4) is 5.75 Å². The standard InChI is InChI=1S/C12H14F4O2/c1-2-7(17)4-3-5-18-12-10(15)8(13)6-9(14)11(12)16/h6-7,17H,2-5H2,1H3. The predicted octanol–water partition coefficient (Wildman–Crippen LogP) is 3.17. The van der Waals surface area contributed by atoms with Crippen LogP contribution >= 0.6 is 0 Å². The van der Waals surface area contributed by atoms with Gasteiger partial charge in [-0.1, -0.05) is 6.92 Å². The number of aliphatic hydroxyl groups is 1. The molecule has 0 bridgehead atoms. The van der Waals surface area contributed by atoms with Gasteiger partial charge in [0.2, 0.25) is 11.6 Å². The van der Waals surface area contributed by atoms with E-state index in [0.29, 0.717) is 19.3 Å². The van der Waals surface area contributed by atoms with Crippen molar-refractivity contribution in [3.05, 3.63) is 29.3 Å². The maximum absolute atomic E-state index is 13.1. The Morgan fingerprint density at radius 1 is 1.17 bits per heavy atom. The molecule has 0 amide bonds. The molecule has 0 aliphatic carbocycles. The summed E-state index contributed by atoms with van der Waals surface area (Å²) in [6, 6.07) is 0.123. The topological polar surface area (TPSA) is 29.5 Å². The lowest BCUT2D eigenvalue weighted by Gasteiger charge is -2.10. The first-order chi connectivity index (χ1) is 8.47. The number of aliphatic hydroxyl groups excluding tert-OH is 1. The van der Waals surface area contributed by atoms with Crippen molar-refractivity contribution in [2.45, 2.75) is 32.3 Å². The van der Waals surface area contributed by atoms with Crippen molar-refractivity contribution in [3.63, 3.8) is 0 Å². The van der Waals surface area contributed by atoms with Gasteiger partial charge in [-0.05, 0) is 19.3 Å². The molecule has 1 N–H and O–H groups in total. The third-order valence-electron chi connectivity index (χ3n) is 2.47. The summed E-state index contributed by atoms with van der Waals surface area (Å²) in [6.07, 6.45) is 0.744. The Bertz CT molecular complexity index is 383. The molecule has 0 saturated heterocycles. The molecule has 1 unspecified atom stereocenters. The van der Waals surface area contributed by atoms with Gasteiger partial charge in [-0.3, -0.25) is 0 Å². The number of halogens is 4. The van der Waals surface area contributed by atoms with Gasteiger partial charge in [0.05, 0.1) is 12.7 Å². The van der Waals surface area contributed by atoms with Crippen LogP contribution in [-0.4, -0.2) is 17.8 Å². The highest BCUT2D eigenvalue weighted by atomic mass is 19.2. The smallest absolute Gasteiger partial charge is 0.203 e. The van der Waals surface area contributed by atoms with E-state index in [1.807, 2.05) is 0 Å². The van der Waals surface area contributed by atoms with Crippen LogP contribution in [0.3, 0.4) is 0 Å². The third kappa shape index (κ3) is 3.60. The molecule has 0 aliphatic heterocycles. The maximum Gasteiger partial charge on any atom is 0.203 e. The Morgan fingerprint density at radius 3 is 2.22 bits per heavy atom. The van der Waals surface area contributed by atoms with E-state index in [9.17, 15) is 22.7 Å². The molecule has 0 aromatic heterocycles. The van der Waals surface area contributed by atoms with Crippen LogP contribution < -0.4 is 4.74 Å². The molecular weight excluding hydrogens is 252 g/mol. The van der Waals surface area contributed by atoms with Crippen LogP contribution in [0, 0.1) is 23.3 Å². The van der Waals surface area contributed by atoms with Gasteiger partial charge < -0.3 is 9.84 Å². The Labute approximate surface area is 102 Å². The summed E-state index contributed by atoms with van der Waals surface area (Å²) in [5.41, 5.74) is 0. The molecule has 102 valence electrons. The zero-order valence-corrected chi connectivity index (χ0v) is 9.85. The minimum atomic E-state index is -1.55. The second-order valence-corrected chi connectivity index (χ2v) is 3.85. The molecule has 0 aliphatic rings. The fourth-order valence-electron chi connectivity index (χ4n) is 1.38. The Balaban J connectivity index is 2.62. The van der Waals surface area contributed by atoms with Crippen LogP contribution in [0.5, 0.6) is 5.75 Å². The Morgan fingerprint density at radius 2 is 1.72 bits per heavy atom. The zero-order valence-electron chi connectivity index (χ0n) is 9.85. The van der Waals surface area contributed by atoms with Crippen molar-refractivity contribution >= 4 is 0 Å². The summed E-state index contributed by atoms with van der Waals surface area (Å²) >= 11 is 0. The fourth-order valence-corrected chi connectivity index (χ4v) is 1.38. The van der Waals surface area contributed by atoms with E-state index in [-0.39, 0.29) is 12.7 Å². The molecule has 2 nitrogen and oxygen atoms in total. The largest absolute Gasteiger partial charge is 0.487 e. The Kier molecular flexibility index (Phi) is 5.40. The van der Waals surface area contributed by atoms with Crippen molar-refractivity contribution < 1.29 is 27.4 Å². The van der Waals surface area contributed by atoms with Crippen LogP contribution in [0.25, 0.3) is 0 Å². The second-order valence-electron chi connectivity index (χ2n) is 3.85. The highest BCUT2D eigenvalue weighted by Crippen LogP contribution is 2.26. The van der Waals surface area contributed by atoms with Crippen LogP contribution in [0.15, 0.2) is 6.07 Å². The summed E-state index contributed by atoms with van der Waals surface area (Å²) in [7, 11) is 0. The van der Waals surface area contributed by atoms with Gasteiger partial charge in [0.1, 0.15) is 0 Å². The van der Waals surface area contributed by atoms with Gasteiger partial charge >= 0.3 is 0 Å². The number of ether oxygens (including phenoxy) is 1. The average Bonchev–Trinajstić information content (AvgIpc) is 2.35. The molecule has 6 heteroatoms. The minimum Gasteiger partial charge on any atom is -0.487 e. The molecule has 18 heavy (non-hydrogen) atoms. The monoisotopic (exact) mass is 266 g/mol. The van der Waals surface area contributed by atoms with Gasteiger partial charge in [0, 0.05) is 6.07 Å². The molecule has 0 spiro atoms. The molecule has 0 heterocycles. The molecule has 1 aromatic rings. The van der Waals surface area contributed by atoms with E-state index in [1.165, 1.54) is 0 Å². The average molecular weight is 266 g/mol. The Hall–Kier alpha value is -1.30. The van der Waals surface area contributed by atoms with E-state index >= 15 is 0 Å². The van der Waals surface area contributed by atoms with Gasteiger partial charge in [-0.2, -0.15) is 8.78 Å². The van der Waals surface area contributed by atoms with Gasteiger partial charge in [0.25, 0.3) is 0 Å². The summed E-state index contributed by atoms with van der Waals surface area (Å²) in [5.74, 6) is -7.16. The summed E-state index contributed by atoms with van der Waals surface area (Å²) in [4.78, 5) is 0. The molecule has 0 radical (unpaired) electrons. The number of hydrogen-bond donors (Lipinski definition) is 1. The zero-order chi connectivity index (χ0) is 13.7. The van der Waals surface area contributed by atoms with Gasteiger partial charge in [-0.25, -0.2) is 8.78 Å². The number of benzene rings is 1. The molecule has 0 fully saturated rings. The van der Waals surface area contributed by atoms with Crippen molar-refractivity contribution in [2.24, 2.45) is 0 Å². The van der Waals surface area contributed by atoms with Gasteiger partial charge in [-0.15, -0.1) is 0 Å². The summed E-state index contributed by atoms with van der Waals surface area (Å²) in [5, 5.41) is 9.23. The first-order valence-electron chi connectivity index (χ1n) is 5.61. The highest BCUT2D eigenvalue weighted by molar-refractivity contribution is 5.28. The maximum atomic E-state index is 13.1. The quantitative estimate of drug-likeness (QED) is 0.487. The lowest BCUT2D eigenvalue weighted by Crippen LogP contribution is -2.09. The second kappa shape index (κ2) is 6.58. The van der Waals surface area contributed by atoms with E-state index in [1.54, 1.807) is 6.92 Å². The molecule has 1 atom stereocenters. The van der Waals surface area contributed by atoms with Gasteiger partial charge in [0.15, 0.2) is 17.4 Å². The summed E-state index contributed by atoms with van der Waals surface area (Å²) in [6.45, 7) is 1.65. The van der Waals surface area contributed by atoms with Crippen molar-refractivity contribution in [2.75, 3.05) is 6.61 Å². The van der Waals surface area contributed by atoms with E-state index in [2.05, 4.69) is 4.74 Å². The number of rotatable bonds is 6. The fraction of sp³-hybridized carbons (Fsp3) is 0.500. The predicted molar refractivity (Wildman–Crippen MR) is 57.3 cm³/mol. The highest BCUT2D eigenvalue weighted by Gasteiger charge is 2.20. The van der Waals surface area contributed by atoms with Crippen LogP contribution in [0.4, 0.5) is 17.6 Å². The minimum absolute atomic E-state index is 0.123. The first-order valence-corrected chi connectivity index (χ1v) is 5.61. The van der Waals surface area contributed by atoms with E-state index in [4.69, 9.17) is 0 Å². The first kappa shape index (κ1) is 14.8. The molecule has 1 rings (SSSR count).